The van der Waals surface area contributed by atoms with Crippen molar-refractivity contribution in [3.05, 3.63) is 28.8 Å². The molecule has 0 unspecified atom stereocenters. The van der Waals surface area contributed by atoms with E-state index >= 15 is 0 Å². The Morgan fingerprint density at radius 3 is 2.53 bits per heavy atom. The first-order chi connectivity index (χ1) is 7.04. The fourth-order valence-corrected chi connectivity index (χ4v) is 1.83. The third-order valence-corrected chi connectivity index (χ3v) is 2.45. The van der Waals surface area contributed by atoms with Crippen LogP contribution in [0.5, 0.6) is 5.75 Å². The zero-order valence-electron chi connectivity index (χ0n) is 9.89. The largest absolute Gasteiger partial charge is 0.496 e. The summed E-state index contributed by atoms with van der Waals surface area (Å²) in [6, 6.07) is 4.19. The van der Waals surface area contributed by atoms with Gasteiger partial charge in [0.1, 0.15) is 11.5 Å². The standard InChI is InChI=1S/C13H18O2/c1-9-7-10(2)13(15-4)12(8-9)6-5-11(3)14/h7-8H,5-6H2,1-4H3. The highest BCUT2D eigenvalue weighted by atomic mass is 16.5. The van der Waals surface area contributed by atoms with Crippen LogP contribution < -0.4 is 4.74 Å². The van der Waals surface area contributed by atoms with E-state index in [-0.39, 0.29) is 5.78 Å². The number of benzene rings is 1. The van der Waals surface area contributed by atoms with E-state index in [1.165, 1.54) is 5.56 Å². The topological polar surface area (TPSA) is 26.3 Å². The SMILES string of the molecule is COc1c(C)cc(C)cc1CCC(C)=O. The zero-order chi connectivity index (χ0) is 11.4. The van der Waals surface area contributed by atoms with Gasteiger partial charge in [-0.2, -0.15) is 0 Å². The quantitative estimate of drug-likeness (QED) is 0.757. The Labute approximate surface area is 91.3 Å². The summed E-state index contributed by atoms with van der Waals surface area (Å²) < 4.78 is 5.35. The first kappa shape index (κ1) is 11.8. The second-order valence-electron chi connectivity index (χ2n) is 3.98. The number of rotatable bonds is 4. The predicted molar refractivity (Wildman–Crippen MR) is 61.5 cm³/mol. The molecule has 0 fully saturated rings. The second-order valence-corrected chi connectivity index (χ2v) is 3.98. The molecular weight excluding hydrogens is 188 g/mol. The Morgan fingerprint density at radius 1 is 1.33 bits per heavy atom. The summed E-state index contributed by atoms with van der Waals surface area (Å²) in [6.07, 6.45) is 1.35. The van der Waals surface area contributed by atoms with Gasteiger partial charge < -0.3 is 9.53 Å². The van der Waals surface area contributed by atoms with Crippen molar-refractivity contribution >= 4 is 5.78 Å². The lowest BCUT2D eigenvalue weighted by Crippen LogP contribution is -1.99. The maximum atomic E-state index is 10.9. The molecule has 0 aliphatic carbocycles. The highest BCUT2D eigenvalue weighted by Gasteiger charge is 2.08. The molecule has 0 saturated carbocycles. The van der Waals surface area contributed by atoms with Gasteiger partial charge >= 0.3 is 0 Å². The van der Waals surface area contributed by atoms with Crippen LogP contribution in [0.1, 0.15) is 30.0 Å². The van der Waals surface area contributed by atoms with Crippen molar-refractivity contribution < 1.29 is 9.53 Å². The van der Waals surface area contributed by atoms with E-state index in [0.717, 1.165) is 23.3 Å². The van der Waals surface area contributed by atoms with Crippen molar-refractivity contribution in [3.63, 3.8) is 0 Å². The van der Waals surface area contributed by atoms with Gasteiger partial charge in [-0.25, -0.2) is 0 Å². The van der Waals surface area contributed by atoms with Crippen LogP contribution in [0, 0.1) is 13.8 Å². The van der Waals surface area contributed by atoms with Crippen LogP contribution in [0.15, 0.2) is 12.1 Å². The van der Waals surface area contributed by atoms with Gasteiger partial charge in [0.05, 0.1) is 7.11 Å². The Balaban J connectivity index is 2.98. The Morgan fingerprint density at radius 2 is 2.00 bits per heavy atom. The summed E-state index contributed by atoms with van der Waals surface area (Å²) in [4.78, 5) is 10.9. The average molecular weight is 206 g/mol. The molecule has 0 spiro atoms. The molecule has 0 saturated heterocycles. The van der Waals surface area contributed by atoms with Crippen molar-refractivity contribution in [1.29, 1.82) is 0 Å². The first-order valence-corrected chi connectivity index (χ1v) is 5.18. The summed E-state index contributed by atoms with van der Waals surface area (Å²) >= 11 is 0. The summed E-state index contributed by atoms with van der Waals surface area (Å²) in [5, 5.41) is 0. The Bertz CT molecular complexity index is 367. The Kier molecular flexibility index (Phi) is 3.89. The van der Waals surface area contributed by atoms with Crippen molar-refractivity contribution in [2.24, 2.45) is 0 Å². The molecule has 1 rings (SSSR count). The van der Waals surface area contributed by atoms with Gasteiger partial charge in [-0.3, -0.25) is 0 Å². The molecule has 1 aromatic rings. The van der Waals surface area contributed by atoms with Gasteiger partial charge in [-0.1, -0.05) is 17.7 Å². The molecule has 0 radical (unpaired) electrons. The molecule has 0 N–H and O–H groups in total. The summed E-state index contributed by atoms with van der Waals surface area (Å²) in [5.41, 5.74) is 3.48. The fraction of sp³-hybridized carbons (Fsp3) is 0.462. The molecule has 0 aromatic heterocycles. The van der Waals surface area contributed by atoms with Gasteiger partial charge in [-0.15, -0.1) is 0 Å². The molecule has 15 heavy (non-hydrogen) atoms. The van der Waals surface area contributed by atoms with Gasteiger partial charge in [0.2, 0.25) is 0 Å². The molecule has 0 bridgehead atoms. The number of Topliss-reactive ketones (excluding diaryl/α,β-unsaturated/α-hetero) is 1. The second kappa shape index (κ2) is 4.96. The van der Waals surface area contributed by atoms with Crippen LogP contribution in [0.4, 0.5) is 0 Å². The number of methoxy groups -OCH3 is 1. The van der Waals surface area contributed by atoms with Crippen LogP contribution in [-0.2, 0) is 11.2 Å². The van der Waals surface area contributed by atoms with Crippen LogP contribution in [-0.4, -0.2) is 12.9 Å². The van der Waals surface area contributed by atoms with E-state index < -0.39 is 0 Å². The van der Waals surface area contributed by atoms with Crippen LogP contribution in [0.25, 0.3) is 0 Å². The van der Waals surface area contributed by atoms with Gasteiger partial charge in [0.15, 0.2) is 0 Å². The lowest BCUT2D eigenvalue weighted by Gasteiger charge is -2.12. The summed E-state index contributed by atoms with van der Waals surface area (Å²) in [7, 11) is 1.68. The molecule has 2 nitrogen and oxygen atoms in total. The molecule has 0 amide bonds. The minimum Gasteiger partial charge on any atom is -0.496 e. The monoisotopic (exact) mass is 206 g/mol. The molecule has 1 aromatic carbocycles. The van der Waals surface area contributed by atoms with Crippen molar-refractivity contribution in [2.75, 3.05) is 7.11 Å². The zero-order valence-corrected chi connectivity index (χ0v) is 9.89. The maximum absolute atomic E-state index is 10.9. The van der Waals surface area contributed by atoms with Crippen molar-refractivity contribution in [3.8, 4) is 5.75 Å². The van der Waals surface area contributed by atoms with Crippen molar-refractivity contribution in [1.82, 2.24) is 0 Å². The van der Waals surface area contributed by atoms with Crippen LogP contribution in [0.3, 0.4) is 0 Å². The van der Waals surface area contributed by atoms with E-state index in [0.29, 0.717) is 6.42 Å². The average Bonchev–Trinajstić information content (AvgIpc) is 2.13. The number of ether oxygens (including phenoxy) is 1. The Hall–Kier alpha value is -1.31. The minimum absolute atomic E-state index is 0.219. The summed E-state index contributed by atoms with van der Waals surface area (Å²) in [5.74, 6) is 1.14. The molecule has 2 heteroatoms. The fourth-order valence-electron chi connectivity index (χ4n) is 1.83. The predicted octanol–water partition coefficient (Wildman–Crippen LogP) is 2.83. The molecule has 0 heterocycles. The van der Waals surface area contributed by atoms with Crippen LogP contribution >= 0.6 is 0 Å². The van der Waals surface area contributed by atoms with E-state index in [4.69, 9.17) is 4.74 Å². The number of hydrogen-bond donors (Lipinski definition) is 0. The normalized spacial score (nSPS) is 10.1. The molecule has 0 atom stereocenters. The molecule has 0 aliphatic rings. The molecule has 82 valence electrons. The maximum Gasteiger partial charge on any atom is 0.130 e. The number of carbonyl (C=O) groups excluding carboxylic acids is 1. The van der Waals surface area contributed by atoms with Gasteiger partial charge in [0.25, 0.3) is 0 Å². The van der Waals surface area contributed by atoms with E-state index in [1.54, 1.807) is 14.0 Å². The number of aryl methyl sites for hydroxylation is 3. The minimum atomic E-state index is 0.219. The lowest BCUT2D eigenvalue weighted by molar-refractivity contribution is -0.116. The highest BCUT2D eigenvalue weighted by Crippen LogP contribution is 2.26. The van der Waals surface area contributed by atoms with Gasteiger partial charge in [-0.05, 0) is 38.3 Å². The van der Waals surface area contributed by atoms with E-state index in [1.807, 2.05) is 6.92 Å². The molecule has 0 aliphatic heterocycles. The van der Waals surface area contributed by atoms with E-state index in [9.17, 15) is 4.79 Å². The smallest absolute Gasteiger partial charge is 0.130 e. The van der Waals surface area contributed by atoms with Crippen LogP contribution in [0.2, 0.25) is 0 Å². The number of hydrogen-bond acceptors (Lipinski definition) is 2. The number of ketones is 1. The van der Waals surface area contributed by atoms with Gasteiger partial charge in [0, 0.05) is 6.42 Å². The highest BCUT2D eigenvalue weighted by molar-refractivity contribution is 5.75. The first-order valence-electron chi connectivity index (χ1n) is 5.18. The lowest BCUT2D eigenvalue weighted by atomic mass is 10.0. The summed E-state index contributed by atoms with van der Waals surface area (Å²) in [6.45, 7) is 5.71. The molecular formula is C13H18O2. The van der Waals surface area contributed by atoms with E-state index in [2.05, 4.69) is 19.1 Å². The van der Waals surface area contributed by atoms with Crippen molar-refractivity contribution in [2.45, 2.75) is 33.6 Å². The third kappa shape index (κ3) is 3.08. The third-order valence-electron chi connectivity index (χ3n) is 2.45. The number of carbonyl (C=O) groups is 1.